The normalized spacial score (nSPS) is 17.3. The Morgan fingerprint density at radius 1 is 1.44 bits per heavy atom. The maximum atomic E-state index is 12.2. The summed E-state index contributed by atoms with van der Waals surface area (Å²) in [6.07, 6.45) is 0.597. The van der Waals surface area contributed by atoms with Gasteiger partial charge >= 0.3 is 0 Å². The third-order valence-corrected chi connectivity index (χ3v) is 4.29. The molecule has 18 heavy (non-hydrogen) atoms. The molecule has 1 aliphatic heterocycles. The molecule has 1 N–H and O–H groups in total. The molecular formula is C15H15NOS. The molecule has 1 aromatic heterocycles. The Morgan fingerprint density at radius 3 is 3.06 bits per heavy atom. The average molecular weight is 257 g/mol. The number of benzene rings is 1. The highest BCUT2D eigenvalue weighted by molar-refractivity contribution is 7.10. The van der Waals surface area contributed by atoms with Crippen LogP contribution in [0.2, 0.25) is 0 Å². The summed E-state index contributed by atoms with van der Waals surface area (Å²) in [4.78, 5) is 13.4. The van der Waals surface area contributed by atoms with E-state index >= 15 is 0 Å². The van der Waals surface area contributed by atoms with E-state index in [1.807, 2.05) is 30.5 Å². The Morgan fingerprint density at radius 2 is 2.28 bits per heavy atom. The number of Topliss-reactive ketones (excluding diaryl/α,β-unsaturated/α-hetero) is 1. The summed E-state index contributed by atoms with van der Waals surface area (Å²) >= 11 is 1.64. The standard InChI is InChI=1S/C15H15NOS/c1-10-6-12(9-18-10)15(17)7-11-8-16-14-5-3-2-4-13(11)14/h2-6,9,11,16H,7-8H2,1H3. The van der Waals surface area contributed by atoms with Gasteiger partial charge in [-0.2, -0.15) is 0 Å². The Bertz CT molecular complexity index is 588. The SMILES string of the molecule is Cc1cc(C(=O)CC2CNc3ccccc32)cs1. The lowest BCUT2D eigenvalue weighted by Gasteiger charge is -2.08. The second-order valence-electron chi connectivity index (χ2n) is 4.74. The molecule has 3 heteroatoms. The van der Waals surface area contributed by atoms with Crippen molar-refractivity contribution in [1.29, 1.82) is 0 Å². The summed E-state index contributed by atoms with van der Waals surface area (Å²) in [5, 5.41) is 5.33. The summed E-state index contributed by atoms with van der Waals surface area (Å²) in [7, 11) is 0. The Kier molecular flexibility index (Phi) is 2.92. The summed E-state index contributed by atoms with van der Waals surface area (Å²) in [6, 6.07) is 10.2. The first-order valence-electron chi connectivity index (χ1n) is 6.15. The minimum Gasteiger partial charge on any atom is -0.384 e. The molecule has 1 aromatic carbocycles. The van der Waals surface area contributed by atoms with Crippen molar-refractivity contribution in [1.82, 2.24) is 0 Å². The summed E-state index contributed by atoms with van der Waals surface area (Å²) in [6.45, 7) is 2.90. The zero-order valence-corrected chi connectivity index (χ0v) is 11.1. The lowest BCUT2D eigenvalue weighted by atomic mass is 9.94. The van der Waals surface area contributed by atoms with Crippen LogP contribution in [0.25, 0.3) is 0 Å². The van der Waals surface area contributed by atoms with E-state index < -0.39 is 0 Å². The second kappa shape index (κ2) is 4.58. The number of carbonyl (C=O) groups is 1. The molecule has 1 aliphatic rings. The smallest absolute Gasteiger partial charge is 0.164 e. The number of hydrogen-bond donors (Lipinski definition) is 1. The van der Waals surface area contributed by atoms with E-state index in [1.165, 1.54) is 16.1 Å². The highest BCUT2D eigenvalue weighted by atomic mass is 32.1. The zero-order valence-electron chi connectivity index (χ0n) is 10.3. The van der Waals surface area contributed by atoms with Crippen molar-refractivity contribution >= 4 is 22.8 Å². The Labute approximate surface area is 111 Å². The fraction of sp³-hybridized carbons (Fsp3) is 0.267. The van der Waals surface area contributed by atoms with E-state index in [-0.39, 0.29) is 5.78 Å². The van der Waals surface area contributed by atoms with Gasteiger partial charge in [0, 0.05) is 40.4 Å². The van der Waals surface area contributed by atoms with Crippen LogP contribution in [0.15, 0.2) is 35.7 Å². The van der Waals surface area contributed by atoms with Crippen LogP contribution in [0.5, 0.6) is 0 Å². The van der Waals surface area contributed by atoms with Crippen molar-refractivity contribution in [2.45, 2.75) is 19.3 Å². The molecule has 2 nitrogen and oxygen atoms in total. The lowest BCUT2D eigenvalue weighted by molar-refractivity contribution is 0.0976. The molecule has 0 spiro atoms. The van der Waals surface area contributed by atoms with Gasteiger partial charge in [-0.15, -0.1) is 11.3 Å². The third kappa shape index (κ3) is 2.06. The fourth-order valence-corrected chi connectivity index (χ4v) is 3.18. The van der Waals surface area contributed by atoms with Crippen LogP contribution in [-0.4, -0.2) is 12.3 Å². The summed E-state index contributed by atoms with van der Waals surface area (Å²) in [5.41, 5.74) is 3.32. The lowest BCUT2D eigenvalue weighted by Crippen LogP contribution is -2.08. The number of hydrogen-bond acceptors (Lipinski definition) is 3. The molecule has 0 radical (unpaired) electrons. The maximum Gasteiger partial charge on any atom is 0.164 e. The molecule has 0 saturated heterocycles. The largest absolute Gasteiger partial charge is 0.384 e. The van der Waals surface area contributed by atoms with Crippen molar-refractivity contribution in [3.63, 3.8) is 0 Å². The van der Waals surface area contributed by atoms with Gasteiger partial charge in [-0.1, -0.05) is 18.2 Å². The highest BCUT2D eigenvalue weighted by Gasteiger charge is 2.24. The topological polar surface area (TPSA) is 29.1 Å². The summed E-state index contributed by atoms with van der Waals surface area (Å²) < 4.78 is 0. The number of carbonyl (C=O) groups excluding carboxylic acids is 1. The second-order valence-corrected chi connectivity index (χ2v) is 5.85. The van der Waals surface area contributed by atoms with Crippen molar-refractivity contribution in [3.8, 4) is 0 Å². The van der Waals surface area contributed by atoms with E-state index in [4.69, 9.17) is 0 Å². The highest BCUT2D eigenvalue weighted by Crippen LogP contribution is 2.34. The first kappa shape index (κ1) is 11.5. The molecule has 0 bridgehead atoms. The Balaban J connectivity index is 1.77. The van der Waals surface area contributed by atoms with Gasteiger partial charge in [0.1, 0.15) is 0 Å². The molecule has 3 rings (SSSR count). The quantitative estimate of drug-likeness (QED) is 0.846. The number of thiophene rings is 1. The van der Waals surface area contributed by atoms with Gasteiger partial charge in [-0.05, 0) is 24.6 Å². The molecule has 0 amide bonds. The van der Waals surface area contributed by atoms with Crippen LogP contribution >= 0.6 is 11.3 Å². The van der Waals surface area contributed by atoms with E-state index in [1.54, 1.807) is 11.3 Å². The first-order valence-corrected chi connectivity index (χ1v) is 7.03. The number of ketones is 1. The number of rotatable bonds is 3. The number of fused-ring (bicyclic) bond motifs is 1. The van der Waals surface area contributed by atoms with Gasteiger partial charge in [0.25, 0.3) is 0 Å². The average Bonchev–Trinajstić information content (AvgIpc) is 2.97. The van der Waals surface area contributed by atoms with Crippen LogP contribution in [-0.2, 0) is 0 Å². The summed E-state index contributed by atoms with van der Waals surface area (Å²) in [5.74, 6) is 0.566. The number of anilines is 1. The van der Waals surface area contributed by atoms with Crippen molar-refractivity contribution in [2.75, 3.05) is 11.9 Å². The molecule has 2 heterocycles. The van der Waals surface area contributed by atoms with Crippen LogP contribution in [0.1, 0.15) is 33.1 Å². The fourth-order valence-electron chi connectivity index (χ4n) is 2.47. The van der Waals surface area contributed by atoms with Gasteiger partial charge in [0.15, 0.2) is 5.78 Å². The van der Waals surface area contributed by atoms with E-state index in [2.05, 4.69) is 17.4 Å². The molecule has 2 aromatic rings. The Hall–Kier alpha value is -1.61. The minimum absolute atomic E-state index is 0.253. The number of para-hydroxylation sites is 1. The molecule has 0 aliphatic carbocycles. The van der Waals surface area contributed by atoms with Crippen LogP contribution in [0.4, 0.5) is 5.69 Å². The van der Waals surface area contributed by atoms with Crippen LogP contribution < -0.4 is 5.32 Å². The van der Waals surface area contributed by atoms with Crippen LogP contribution in [0, 0.1) is 6.92 Å². The number of nitrogens with one attached hydrogen (secondary N) is 1. The minimum atomic E-state index is 0.253. The van der Waals surface area contributed by atoms with Crippen molar-refractivity contribution in [2.24, 2.45) is 0 Å². The van der Waals surface area contributed by atoms with E-state index in [0.717, 1.165) is 12.1 Å². The van der Waals surface area contributed by atoms with Gasteiger partial charge in [0.05, 0.1) is 0 Å². The van der Waals surface area contributed by atoms with Crippen molar-refractivity contribution in [3.05, 3.63) is 51.7 Å². The van der Waals surface area contributed by atoms with E-state index in [0.29, 0.717) is 12.3 Å². The monoisotopic (exact) mass is 257 g/mol. The van der Waals surface area contributed by atoms with Gasteiger partial charge in [0.2, 0.25) is 0 Å². The zero-order chi connectivity index (χ0) is 12.5. The predicted octanol–water partition coefficient (Wildman–Crippen LogP) is 3.84. The van der Waals surface area contributed by atoms with Gasteiger partial charge in [-0.3, -0.25) is 4.79 Å². The molecule has 1 unspecified atom stereocenters. The van der Waals surface area contributed by atoms with Crippen molar-refractivity contribution < 1.29 is 4.79 Å². The third-order valence-electron chi connectivity index (χ3n) is 3.42. The number of aryl methyl sites for hydroxylation is 1. The molecule has 0 fully saturated rings. The van der Waals surface area contributed by atoms with E-state index in [9.17, 15) is 4.79 Å². The molecule has 92 valence electrons. The molecule has 0 saturated carbocycles. The first-order chi connectivity index (χ1) is 8.74. The van der Waals surface area contributed by atoms with Gasteiger partial charge in [-0.25, -0.2) is 0 Å². The van der Waals surface area contributed by atoms with Gasteiger partial charge < -0.3 is 5.32 Å². The molecular weight excluding hydrogens is 242 g/mol. The van der Waals surface area contributed by atoms with Crippen LogP contribution in [0.3, 0.4) is 0 Å². The predicted molar refractivity (Wildman–Crippen MR) is 75.7 cm³/mol. The maximum absolute atomic E-state index is 12.2. The molecule has 1 atom stereocenters.